The molecule has 0 amide bonds. The predicted molar refractivity (Wildman–Crippen MR) is 126 cm³/mol. The Hall–Kier alpha value is -1.48. The molecule has 0 spiro atoms. The molecule has 4 rings (SSSR count). The van der Waals surface area contributed by atoms with Gasteiger partial charge in [-0.25, -0.2) is 0 Å². The van der Waals surface area contributed by atoms with E-state index in [0.29, 0.717) is 12.6 Å². The second-order valence-corrected chi connectivity index (χ2v) is 7.85. The van der Waals surface area contributed by atoms with Gasteiger partial charge >= 0.3 is 0 Å². The van der Waals surface area contributed by atoms with Crippen LogP contribution in [-0.4, -0.2) is 43.1 Å². The van der Waals surface area contributed by atoms with E-state index in [9.17, 15) is 0 Å². The smallest absolute Gasteiger partial charge is 0.191 e. The van der Waals surface area contributed by atoms with Gasteiger partial charge in [0.25, 0.3) is 0 Å². The van der Waals surface area contributed by atoms with Crippen LogP contribution in [0.5, 0.6) is 0 Å². The molecule has 0 radical (unpaired) electrons. The van der Waals surface area contributed by atoms with Gasteiger partial charge in [-0.3, -0.25) is 9.89 Å². The molecule has 7 heteroatoms. The van der Waals surface area contributed by atoms with Crippen molar-refractivity contribution in [2.45, 2.75) is 57.0 Å². The topological polar surface area (TPSA) is 65.9 Å². The summed E-state index contributed by atoms with van der Waals surface area (Å²) in [4.78, 5) is 7.47. The molecule has 0 bridgehead atoms. The number of furan rings is 2. The van der Waals surface area contributed by atoms with Crippen molar-refractivity contribution in [3.63, 3.8) is 0 Å². The lowest BCUT2D eigenvalue weighted by Crippen LogP contribution is -2.43. The molecule has 2 N–H and O–H groups in total. The van der Waals surface area contributed by atoms with Crippen molar-refractivity contribution < 1.29 is 8.83 Å². The van der Waals surface area contributed by atoms with E-state index in [1.54, 1.807) is 12.5 Å². The SMILES string of the molecule is I.c1coc(CCNC(=NCC(c2ccco2)N2CCCC2)NC2CCCC2)c1. The minimum Gasteiger partial charge on any atom is -0.469 e. The van der Waals surface area contributed by atoms with E-state index in [0.717, 1.165) is 43.5 Å². The standard InChI is InChI=1S/C22H32N4O2.HI/c1-2-8-18(7-1)25-22(23-12-11-19-9-5-15-27-19)24-17-20(21-10-6-16-28-21)26-13-3-4-14-26;/h5-6,9-10,15-16,18,20H,1-4,7-8,11-14,17H2,(H2,23,24,25);1H. The van der Waals surface area contributed by atoms with Gasteiger partial charge in [-0.2, -0.15) is 0 Å². The number of nitrogens with zero attached hydrogens (tertiary/aromatic N) is 2. The van der Waals surface area contributed by atoms with Crippen molar-refractivity contribution in [3.8, 4) is 0 Å². The Bertz CT molecular complexity index is 705. The maximum absolute atomic E-state index is 5.74. The van der Waals surface area contributed by atoms with Crippen LogP contribution in [0.3, 0.4) is 0 Å². The van der Waals surface area contributed by atoms with Gasteiger partial charge in [0.1, 0.15) is 11.5 Å². The van der Waals surface area contributed by atoms with E-state index in [4.69, 9.17) is 13.8 Å². The van der Waals surface area contributed by atoms with E-state index in [1.165, 1.54) is 38.5 Å². The fraction of sp³-hybridized carbons (Fsp3) is 0.591. The molecular weight excluding hydrogens is 479 g/mol. The van der Waals surface area contributed by atoms with Gasteiger partial charge in [-0.05, 0) is 63.0 Å². The molecule has 2 aromatic heterocycles. The second-order valence-electron chi connectivity index (χ2n) is 7.85. The van der Waals surface area contributed by atoms with Crippen LogP contribution in [0.25, 0.3) is 0 Å². The Labute approximate surface area is 190 Å². The average molecular weight is 512 g/mol. The average Bonchev–Trinajstić information content (AvgIpc) is 3.50. The first-order valence-corrected chi connectivity index (χ1v) is 10.7. The molecule has 2 aromatic rings. The van der Waals surface area contributed by atoms with Gasteiger partial charge in [0.2, 0.25) is 0 Å². The molecule has 0 aromatic carbocycles. The van der Waals surface area contributed by atoms with Crippen LogP contribution in [0.15, 0.2) is 50.6 Å². The van der Waals surface area contributed by atoms with E-state index in [-0.39, 0.29) is 30.0 Å². The number of likely N-dealkylation sites (tertiary alicyclic amines) is 1. The first-order chi connectivity index (χ1) is 13.9. The van der Waals surface area contributed by atoms with Crippen LogP contribution in [-0.2, 0) is 6.42 Å². The van der Waals surface area contributed by atoms with Gasteiger partial charge in [-0.1, -0.05) is 12.8 Å². The molecule has 29 heavy (non-hydrogen) atoms. The summed E-state index contributed by atoms with van der Waals surface area (Å²) in [5.74, 6) is 2.92. The monoisotopic (exact) mass is 512 g/mol. The third-order valence-electron chi connectivity index (χ3n) is 5.82. The summed E-state index contributed by atoms with van der Waals surface area (Å²) in [6.07, 6.45) is 11.9. The molecule has 160 valence electrons. The number of halogens is 1. The molecule has 1 atom stereocenters. The molecule has 3 heterocycles. The number of hydrogen-bond acceptors (Lipinski definition) is 4. The van der Waals surface area contributed by atoms with E-state index in [1.807, 2.05) is 18.2 Å². The minimum atomic E-state index is 0. The van der Waals surface area contributed by atoms with E-state index in [2.05, 4.69) is 21.6 Å². The lowest BCUT2D eigenvalue weighted by Gasteiger charge is -2.25. The Morgan fingerprint density at radius 1 is 1.07 bits per heavy atom. The highest BCUT2D eigenvalue weighted by Crippen LogP contribution is 2.26. The first-order valence-electron chi connectivity index (χ1n) is 10.7. The molecule has 1 saturated carbocycles. The number of rotatable bonds is 8. The van der Waals surface area contributed by atoms with E-state index < -0.39 is 0 Å². The maximum Gasteiger partial charge on any atom is 0.191 e. The predicted octanol–water partition coefficient (Wildman–Crippen LogP) is 4.35. The highest BCUT2D eigenvalue weighted by atomic mass is 127. The number of guanidine groups is 1. The second kappa shape index (κ2) is 11.6. The summed E-state index contributed by atoms with van der Waals surface area (Å²) < 4.78 is 11.2. The van der Waals surface area contributed by atoms with Gasteiger partial charge in [0.05, 0.1) is 25.1 Å². The summed E-state index contributed by atoms with van der Waals surface area (Å²) in [5.41, 5.74) is 0. The van der Waals surface area contributed by atoms with Crippen molar-refractivity contribution in [1.82, 2.24) is 15.5 Å². The molecule has 1 unspecified atom stereocenters. The quantitative estimate of drug-likeness (QED) is 0.313. The normalized spacial score (nSPS) is 19.2. The first kappa shape index (κ1) is 22.2. The molecular formula is C22H33IN4O2. The molecule has 2 fully saturated rings. The highest BCUT2D eigenvalue weighted by Gasteiger charge is 2.25. The minimum absolute atomic E-state index is 0. The summed E-state index contributed by atoms with van der Waals surface area (Å²) in [6, 6.07) is 8.75. The Kier molecular flexibility index (Phi) is 8.92. The third-order valence-corrected chi connectivity index (χ3v) is 5.82. The molecule has 1 aliphatic heterocycles. The summed E-state index contributed by atoms with van der Waals surface area (Å²) in [7, 11) is 0. The highest BCUT2D eigenvalue weighted by molar-refractivity contribution is 14.0. The van der Waals surface area contributed by atoms with Gasteiger partial charge in [0, 0.05) is 19.0 Å². The summed E-state index contributed by atoms with van der Waals surface area (Å²) >= 11 is 0. The summed E-state index contributed by atoms with van der Waals surface area (Å²) in [6.45, 7) is 3.76. The van der Waals surface area contributed by atoms with Crippen molar-refractivity contribution in [2.24, 2.45) is 4.99 Å². The Morgan fingerprint density at radius 2 is 1.83 bits per heavy atom. The summed E-state index contributed by atoms with van der Waals surface area (Å²) in [5, 5.41) is 7.15. The number of nitrogens with one attached hydrogen (secondary N) is 2. The zero-order chi connectivity index (χ0) is 19.0. The van der Waals surface area contributed by atoms with Crippen molar-refractivity contribution in [3.05, 3.63) is 48.3 Å². The Balaban J connectivity index is 0.00000240. The van der Waals surface area contributed by atoms with Gasteiger partial charge in [-0.15, -0.1) is 24.0 Å². The van der Waals surface area contributed by atoms with Crippen molar-refractivity contribution >= 4 is 29.9 Å². The lowest BCUT2D eigenvalue weighted by molar-refractivity contribution is 0.221. The third kappa shape index (κ3) is 6.50. The van der Waals surface area contributed by atoms with E-state index >= 15 is 0 Å². The number of hydrogen-bond donors (Lipinski definition) is 2. The van der Waals surface area contributed by atoms with Crippen molar-refractivity contribution in [2.75, 3.05) is 26.2 Å². The van der Waals surface area contributed by atoms with Gasteiger partial charge in [0.15, 0.2) is 5.96 Å². The number of aliphatic imine (C=N–C) groups is 1. The lowest BCUT2D eigenvalue weighted by atomic mass is 10.2. The van der Waals surface area contributed by atoms with Crippen LogP contribution in [0.2, 0.25) is 0 Å². The van der Waals surface area contributed by atoms with Crippen LogP contribution in [0.1, 0.15) is 56.1 Å². The van der Waals surface area contributed by atoms with Crippen LogP contribution in [0.4, 0.5) is 0 Å². The fourth-order valence-corrected chi connectivity index (χ4v) is 4.27. The van der Waals surface area contributed by atoms with Crippen molar-refractivity contribution in [1.29, 1.82) is 0 Å². The molecule has 2 aliphatic rings. The zero-order valence-corrected chi connectivity index (χ0v) is 19.3. The maximum atomic E-state index is 5.74. The molecule has 1 aliphatic carbocycles. The fourth-order valence-electron chi connectivity index (χ4n) is 4.27. The van der Waals surface area contributed by atoms with Crippen LogP contribution in [0, 0.1) is 0 Å². The van der Waals surface area contributed by atoms with Gasteiger partial charge < -0.3 is 19.5 Å². The molecule has 1 saturated heterocycles. The molecule has 6 nitrogen and oxygen atoms in total. The largest absolute Gasteiger partial charge is 0.469 e. The Morgan fingerprint density at radius 3 is 2.52 bits per heavy atom. The zero-order valence-electron chi connectivity index (χ0n) is 17.0. The van der Waals surface area contributed by atoms with Crippen LogP contribution < -0.4 is 10.6 Å². The van der Waals surface area contributed by atoms with Crippen LogP contribution >= 0.6 is 24.0 Å².